The summed E-state index contributed by atoms with van der Waals surface area (Å²) in [5, 5.41) is 12.6. The summed E-state index contributed by atoms with van der Waals surface area (Å²) in [6.07, 6.45) is 3.31. The van der Waals surface area contributed by atoms with Gasteiger partial charge in [-0.1, -0.05) is 23.7 Å². The molecule has 0 bridgehead atoms. The highest BCUT2D eigenvalue weighted by Gasteiger charge is 2.29. The average Bonchev–Trinajstić information content (AvgIpc) is 2.99. The number of fused-ring (bicyclic) bond motifs is 1. The average molecular weight is 403 g/mol. The van der Waals surface area contributed by atoms with E-state index >= 15 is 0 Å². The van der Waals surface area contributed by atoms with E-state index in [2.05, 4.69) is 15.3 Å². The summed E-state index contributed by atoms with van der Waals surface area (Å²) < 4.78 is 5.36. The molecule has 0 saturated carbocycles. The number of carboxylic acid groups (broad SMARTS) is 1. The SMILES string of the molecule is O=C(O)CN1Cc2ccc(-c3nc(NC4CCOCC4)ncc3Cl)cc2C1=O. The number of aromatic nitrogens is 2. The maximum absolute atomic E-state index is 12.5. The standard InChI is InChI=1S/C19H19ClN4O4/c20-15-8-21-19(22-13-3-5-28-6-4-13)23-17(15)11-1-2-12-9-24(10-16(25)26)18(27)14(12)7-11/h1-2,7-8,13H,3-6,9-10H2,(H,25,26)(H,21,22,23). The number of nitrogens with one attached hydrogen (secondary N) is 1. The molecule has 3 heterocycles. The number of rotatable bonds is 5. The van der Waals surface area contributed by atoms with Crippen molar-refractivity contribution in [3.8, 4) is 11.3 Å². The van der Waals surface area contributed by atoms with Crippen molar-refractivity contribution in [1.82, 2.24) is 14.9 Å². The fourth-order valence-corrected chi connectivity index (χ4v) is 3.66. The third kappa shape index (κ3) is 3.79. The number of hydrogen-bond donors (Lipinski definition) is 2. The minimum absolute atomic E-state index is 0.244. The molecule has 1 aromatic heterocycles. The maximum Gasteiger partial charge on any atom is 0.323 e. The molecule has 146 valence electrons. The number of carboxylic acids is 1. The molecule has 1 fully saturated rings. The molecule has 1 amide bonds. The molecule has 4 rings (SSSR count). The van der Waals surface area contributed by atoms with Crippen molar-refractivity contribution in [2.75, 3.05) is 25.1 Å². The highest BCUT2D eigenvalue weighted by molar-refractivity contribution is 6.33. The Labute approximate surface area is 166 Å². The molecule has 1 aromatic carbocycles. The smallest absolute Gasteiger partial charge is 0.323 e. The zero-order valence-electron chi connectivity index (χ0n) is 15.0. The highest BCUT2D eigenvalue weighted by atomic mass is 35.5. The fraction of sp³-hybridized carbons (Fsp3) is 0.368. The molecule has 0 atom stereocenters. The van der Waals surface area contributed by atoms with E-state index in [9.17, 15) is 9.59 Å². The number of carbonyl (C=O) groups excluding carboxylic acids is 1. The number of halogens is 1. The third-order valence-electron chi connectivity index (χ3n) is 4.89. The van der Waals surface area contributed by atoms with Gasteiger partial charge in [0.2, 0.25) is 5.95 Å². The number of benzene rings is 1. The van der Waals surface area contributed by atoms with Crippen LogP contribution in [-0.2, 0) is 16.1 Å². The Morgan fingerprint density at radius 3 is 2.89 bits per heavy atom. The summed E-state index contributed by atoms with van der Waals surface area (Å²) in [6, 6.07) is 5.61. The van der Waals surface area contributed by atoms with Crippen LogP contribution in [0.5, 0.6) is 0 Å². The zero-order chi connectivity index (χ0) is 19.7. The van der Waals surface area contributed by atoms with Crippen LogP contribution in [0, 0.1) is 0 Å². The van der Waals surface area contributed by atoms with Crippen molar-refractivity contribution in [2.24, 2.45) is 0 Å². The Bertz CT molecular complexity index is 930. The van der Waals surface area contributed by atoms with Gasteiger partial charge in [-0.05, 0) is 24.5 Å². The molecule has 0 unspecified atom stereocenters. The molecular formula is C19H19ClN4O4. The van der Waals surface area contributed by atoms with E-state index in [-0.39, 0.29) is 25.0 Å². The van der Waals surface area contributed by atoms with Gasteiger partial charge in [0, 0.05) is 36.9 Å². The first-order chi connectivity index (χ1) is 13.5. The first-order valence-corrected chi connectivity index (χ1v) is 9.40. The normalized spacial score (nSPS) is 16.9. The summed E-state index contributed by atoms with van der Waals surface area (Å²) in [7, 11) is 0. The second-order valence-corrected chi connectivity index (χ2v) is 7.26. The van der Waals surface area contributed by atoms with Crippen LogP contribution in [0.4, 0.5) is 5.95 Å². The molecule has 1 saturated heterocycles. The van der Waals surface area contributed by atoms with Gasteiger partial charge in [-0.3, -0.25) is 9.59 Å². The van der Waals surface area contributed by atoms with E-state index in [0.29, 0.717) is 41.0 Å². The van der Waals surface area contributed by atoms with Gasteiger partial charge in [0.15, 0.2) is 0 Å². The van der Waals surface area contributed by atoms with Gasteiger partial charge in [-0.15, -0.1) is 0 Å². The van der Waals surface area contributed by atoms with Gasteiger partial charge >= 0.3 is 5.97 Å². The minimum Gasteiger partial charge on any atom is -0.480 e. The van der Waals surface area contributed by atoms with Crippen molar-refractivity contribution in [2.45, 2.75) is 25.4 Å². The molecule has 0 spiro atoms. The molecule has 9 heteroatoms. The van der Waals surface area contributed by atoms with Crippen molar-refractivity contribution >= 4 is 29.4 Å². The van der Waals surface area contributed by atoms with Crippen LogP contribution >= 0.6 is 11.6 Å². The summed E-state index contributed by atoms with van der Waals surface area (Å²) >= 11 is 6.31. The van der Waals surface area contributed by atoms with Crippen LogP contribution in [0.15, 0.2) is 24.4 Å². The lowest BCUT2D eigenvalue weighted by atomic mass is 10.0. The lowest BCUT2D eigenvalue weighted by molar-refractivity contribution is -0.137. The summed E-state index contributed by atoms with van der Waals surface area (Å²) in [5.74, 6) is -0.861. The van der Waals surface area contributed by atoms with Crippen molar-refractivity contribution in [3.05, 3.63) is 40.5 Å². The minimum atomic E-state index is -1.04. The molecule has 0 aliphatic carbocycles. The van der Waals surface area contributed by atoms with Crippen LogP contribution < -0.4 is 5.32 Å². The van der Waals surface area contributed by atoms with Crippen LogP contribution in [-0.4, -0.2) is 57.7 Å². The number of ether oxygens (including phenoxy) is 1. The number of anilines is 1. The Morgan fingerprint density at radius 1 is 1.36 bits per heavy atom. The van der Waals surface area contributed by atoms with Gasteiger partial charge in [0.05, 0.1) is 16.9 Å². The molecule has 8 nitrogen and oxygen atoms in total. The number of nitrogens with zero attached hydrogens (tertiary/aromatic N) is 3. The molecule has 28 heavy (non-hydrogen) atoms. The van der Waals surface area contributed by atoms with Gasteiger partial charge in [-0.2, -0.15) is 0 Å². The second-order valence-electron chi connectivity index (χ2n) is 6.85. The van der Waals surface area contributed by atoms with E-state index < -0.39 is 5.97 Å². The second kappa shape index (κ2) is 7.73. The van der Waals surface area contributed by atoms with Crippen LogP contribution in [0.3, 0.4) is 0 Å². The Kier molecular flexibility index (Phi) is 5.15. The van der Waals surface area contributed by atoms with E-state index in [1.807, 2.05) is 12.1 Å². The van der Waals surface area contributed by atoms with Crippen molar-refractivity contribution < 1.29 is 19.4 Å². The number of aliphatic carboxylic acids is 1. The van der Waals surface area contributed by atoms with Crippen LogP contribution in [0.1, 0.15) is 28.8 Å². The van der Waals surface area contributed by atoms with E-state index in [4.69, 9.17) is 21.4 Å². The third-order valence-corrected chi connectivity index (χ3v) is 5.16. The summed E-state index contributed by atoms with van der Waals surface area (Å²) in [5.41, 5.74) is 2.48. The first-order valence-electron chi connectivity index (χ1n) is 9.02. The van der Waals surface area contributed by atoms with Crippen LogP contribution in [0.2, 0.25) is 5.02 Å². The molecule has 0 radical (unpaired) electrons. The lowest BCUT2D eigenvalue weighted by Crippen LogP contribution is -2.29. The predicted molar refractivity (Wildman–Crippen MR) is 102 cm³/mol. The van der Waals surface area contributed by atoms with E-state index in [1.54, 1.807) is 6.07 Å². The highest BCUT2D eigenvalue weighted by Crippen LogP contribution is 2.31. The van der Waals surface area contributed by atoms with Gasteiger partial charge in [-0.25, -0.2) is 9.97 Å². The molecular weight excluding hydrogens is 384 g/mol. The van der Waals surface area contributed by atoms with Gasteiger partial charge < -0.3 is 20.1 Å². The Balaban J connectivity index is 1.60. The molecule has 2 aromatic rings. The lowest BCUT2D eigenvalue weighted by Gasteiger charge is -2.23. The number of carbonyl (C=O) groups is 2. The fourth-order valence-electron chi connectivity index (χ4n) is 3.46. The summed E-state index contributed by atoms with van der Waals surface area (Å²) in [4.78, 5) is 33.5. The Hall–Kier alpha value is -2.71. The van der Waals surface area contributed by atoms with Gasteiger partial charge in [0.25, 0.3) is 5.91 Å². The maximum atomic E-state index is 12.5. The predicted octanol–water partition coefficient (Wildman–Crippen LogP) is 2.43. The number of amides is 1. The molecule has 2 aliphatic rings. The van der Waals surface area contributed by atoms with Gasteiger partial charge in [0.1, 0.15) is 6.54 Å². The zero-order valence-corrected chi connectivity index (χ0v) is 15.8. The van der Waals surface area contributed by atoms with Crippen LogP contribution in [0.25, 0.3) is 11.3 Å². The van der Waals surface area contributed by atoms with E-state index in [0.717, 1.165) is 18.4 Å². The van der Waals surface area contributed by atoms with Crippen molar-refractivity contribution in [1.29, 1.82) is 0 Å². The summed E-state index contributed by atoms with van der Waals surface area (Å²) in [6.45, 7) is 1.38. The number of hydrogen-bond acceptors (Lipinski definition) is 6. The molecule has 2 aliphatic heterocycles. The first kappa shape index (κ1) is 18.6. The van der Waals surface area contributed by atoms with E-state index in [1.165, 1.54) is 11.1 Å². The quantitative estimate of drug-likeness (QED) is 0.791. The topological polar surface area (TPSA) is 105 Å². The monoisotopic (exact) mass is 402 g/mol. The largest absolute Gasteiger partial charge is 0.480 e. The Morgan fingerprint density at radius 2 is 2.14 bits per heavy atom. The molecule has 2 N–H and O–H groups in total. The van der Waals surface area contributed by atoms with Crippen molar-refractivity contribution in [3.63, 3.8) is 0 Å².